The number of fused-ring (bicyclic) bond motifs is 2. The molecule has 0 amide bonds. The van der Waals surface area contributed by atoms with Gasteiger partial charge in [0.05, 0.1) is 13.5 Å². The Morgan fingerprint density at radius 1 is 1.22 bits per heavy atom. The topological polar surface area (TPSA) is 6.25 Å². The van der Waals surface area contributed by atoms with E-state index in [2.05, 4.69) is 68.5 Å². The summed E-state index contributed by atoms with van der Waals surface area (Å²) in [7, 11) is 2.24. The van der Waals surface area contributed by atoms with E-state index in [1.165, 1.54) is 17.0 Å². The van der Waals surface area contributed by atoms with Gasteiger partial charge in [-0.05, 0) is 33.3 Å². The van der Waals surface area contributed by atoms with Gasteiger partial charge in [0.25, 0.3) is 5.84 Å². The van der Waals surface area contributed by atoms with Gasteiger partial charge in [-0.25, -0.2) is 4.90 Å². The molecule has 3 rings (SSSR count). The van der Waals surface area contributed by atoms with Crippen LogP contribution in [0.15, 0.2) is 24.3 Å². The van der Waals surface area contributed by atoms with Crippen LogP contribution in [0.4, 0.5) is 0 Å². The molecule has 0 fully saturated rings. The summed E-state index contributed by atoms with van der Waals surface area (Å²) in [4.78, 5) is 2.62. The molecule has 96 valence electrons. The minimum atomic E-state index is 0.0998. The third kappa shape index (κ3) is 1.32. The maximum atomic E-state index is 2.62. The van der Waals surface area contributed by atoms with Crippen LogP contribution in [0.25, 0.3) is 0 Å². The van der Waals surface area contributed by atoms with Crippen molar-refractivity contribution < 1.29 is 4.58 Å². The maximum Gasteiger partial charge on any atom is 0.252 e. The molecule has 0 aromatic heterocycles. The zero-order chi connectivity index (χ0) is 13.1. The molecule has 0 N–H and O–H groups in total. The number of rotatable bonds is 0. The average molecular weight is 243 g/mol. The van der Waals surface area contributed by atoms with Crippen LogP contribution in [0.5, 0.6) is 0 Å². The van der Waals surface area contributed by atoms with E-state index in [0.29, 0.717) is 12.1 Å². The van der Waals surface area contributed by atoms with Gasteiger partial charge in [0, 0.05) is 5.56 Å². The van der Waals surface area contributed by atoms with Crippen molar-refractivity contribution in [3.63, 3.8) is 0 Å². The van der Waals surface area contributed by atoms with Crippen molar-refractivity contribution in [2.45, 2.75) is 51.7 Å². The van der Waals surface area contributed by atoms with Crippen LogP contribution in [0.1, 0.15) is 38.8 Å². The molecule has 2 atom stereocenters. The molecule has 18 heavy (non-hydrogen) atoms. The summed E-state index contributed by atoms with van der Waals surface area (Å²) in [6.07, 6.45) is 1.07. The predicted octanol–water partition coefficient (Wildman–Crippen LogP) is 2.61. The molecule has 2 heteroatoms. The molecule has 0 bridgehead atoms. The number of benzene rings is 1. The SMILES string of the molecule is CC1C(C)[N+](C)=C2Cc3ccccc3C(C)(C)N21. The number of likely N-dealkylation sites (N-methyl/N-ethyl adjacent to an activating group) is 1. The van der Waals surface area contributed by atoms with Crippen molar-refractivity contribution in [3.8, 4) is 0 Å². The lowest BCUT2D eigenvalue weighted by atomic mass is 9.82. The van der Waals surface area contributed by atoms with Gasteiger partial charge in [0.15, 0.2) is 0 Å². The molecule has 0 saturated carbocycles. The number of hydrogen-bond acceptors (Lipinski definition) is 1. The van der Waals surface area contributed by atoms with Crippen molar-refractivity contribution in [3.05, 3.63) is 35.4 Å². The number of amidine groups is 1. The zero-order valence-corrected chi connectivity index (χ0v) is 12.1. The zero-order valence-electron chi connectivity index (χ0n) is 12.1. The summed E-state index contributed by atoms with van der Waals surface area (Å²) in [6, 6.07) is 10.1. The second kappa shape index (κ2) is 3.59. The number of nitrogens with zero attached hydrogens (tertiary/aromatic N) is 2. The molecule has 0 spiro atoms. The smallest absolute Gasteiger partial charge is 0.252 e. The number of hydrogen-bond donors (Lipinski definition) is 0. The molecule has 1 aromatic carbocycles. The fourth-order valence-electron chi connectivity index (χ4n) is 3.79. The summed E-state index contributed by atoms with van der Waals surface area (Å²) in [5.74, 6) is 1.48. The lowest BCUT2D eigenvalue weighted by Gasteiger charge is -2.39. The van der Waals surface area contributed by atoms with Gasteiger partial charge < -0.3 is 0 Å². The quantitative estimate of drug-likeness (QED) is 0.635. The third-order valence-corrected chi connectivity index (χ3v) is 5.03. The molecule has 2 aliphatic heterocycles. The van der Waals surface area contributed by atoms with E-state index in [9.17, 15) is 0 Å². The highest BCUT2D eigenvalue weighted by Gasteiger charge is 2.52. The first-order valence-corrected chi connectivity index (χ1v) is 6.91. The van der Waals surface area contributed by atoms with Crippen molar-refractivity contribution in [2.24, 2.45) is 0 Å². The second-order valence-corrected chi connectivity index (χ2v) is 6.27. The Morgan fingerprint density at radius 3 is 2.61 bits per heavy atom. The largest absolute Gasteiger partial charge is 0.261 e. The Labute approximate surface area is 110 Å². The van der Waals surface area contributed by atoms with Gasteiger partial charge >= 0.3 is 0 Å². The third-order valence-electron chi connectivity index (χ3n) is 5.03. The van der Waals surface area contributed by atoms with Crippen molar-refractivity contribution >= 4 is 5.84 Å². The maximum absolute atomic E-state index is 2.62. The first-order chi connectivity index (χ1) is 8.44. The fourth-order valence-corrected chi connectivity index (χ4v) is 3.79. The Morgan fingerprint density at radius 2 is 1.89 bits per heavy atom. The first kappa shape index (κ1) is 11.8. The van der Waals surface area contributed by atoms with Gasteiger partial charge in [-0.3, -0.25) is 4.58 Å². The van der Waals surface area contributed by atoms with Crippen LogP contribution in [-0.4, -0.2) is 34.4 Å². The van der Waals surface area contributed by atoms with Crippen LogP contribution in [-0.2, 0) is 12.0 Å². The van der Waals surface area contributed by atoms with Crippen LogP contribution in [0.2, 0.25) is 0 Å². The molecule has 1 aromatic rings. The molecule has 2 aliphatic rings. The highest BCUT2D eigenvalue weighted by Crippen LogP contribution is 2.40. The molecule has 2 heterocycles. The van der Waals surface area contributed by atoms with Crippen LogP contribution < -0.4 is 0 Å². The van der Waals surface area contributed by atoms with E-state index >= 15 is 0 Å². The van der Waals surface area contributed by atoms with Crippen LogP contribution in [0.3, 0.4) is 0 Å². The minimum absolute atomic E-state index is 0.0998. The molecule has 2 unspecified atom stereocenters. The van der Waals surface area contributed by atoms with Gasteiger partial charge in [-0.2, -0.15) is 0 Å². The van der Waals surface area contributed by atoms with Gasteiger partial charge in [-0.1, -0.05) is 24.3 Å². The van der Waals surface area contributed by atoms with Gasteiger partial charge in [-0.15, -0.1) is 0 Å². The Bertz CT molecular complexity index is 528. The van der Waals surface area contributed by atoms with E-state index in [0.717, 1.165) is 6.42 Å². The molecule has 2 nitrogen and oxygen atoms in total. The Hall–Kier alpha value is -1.31. The highest BCUT2D eigenvalue weighted by atomic mass is 15.4. The summed E-state index contributed by atoms with van der Waals surface area (Å²) >= 11 is 0. The average Bonchev–Trinajstić information content (AvgIpc) is 2.55. The molecular formula is C16H23N2+. The summed E-state index contributed by atoms with van der Waals surface area (Å²) in [5.41, 5.74) is 3.08. The van der Waals surface area contributed by atoms with Crippen molar-refractivity contribution in [2.75, 3.05) is 7.05 Å². The highest BCUT2D eigenvalue weighted by molar-refractivity contribution is 5.85. The second-order valence-electron chi connectivity index (χ2n) is 6.27. The first-order valence-electron chi connectivity index (χ1n) is 6.91. The summed E-state index contributed by atoms with van der Waals surface area (Å²) in [6.45, 7) is 9.39. The van der Waals surface area contributed by atoms with E-state index in [1.807, 2.05) is 0 Å². The lowest BCUT2D eigenvalue weighted by molar-refractivity contribution is -0.527. The summed E-state index contributed by atoms with van der Waals surface area (Å²) < 4.78 is 2.46. The van der Waals surface area contributed by atoms with E-state index < -0.39 is 0 Å². The monoisotopic (exact) mass is 243 g/mol. The van der Waals surface area contributed by atoms with E-state index in [4.69, 9.17) is 0 Å². The molecular weight excluding hydrogens is 220 g/mol. The molecule has 0 aliphatic carbocycles. The summed E-state index contributed by atoms with van der Waals surface area (Å²) in [5, 5.41) is 0. The van der Waals surface area contributed by atoms with Crippen LogP contribution in [0, 0.1) is 0 Å². The predicted molar refractivity (Wildman–Crippen MR) is 75.1 cm³/mol. The molecule has 0 radical (unpaired) electrons. The Balaban J connectivity index is 2.21. The van der Waals surface area contributed by atoms with Crippen molar-refractivity contribution in [1.29, 1.82) is 0 Å². The molecule has 0 saturated heterocycles. The standard InChI is InChI=1S/C16H23N2/c1-11-12(2)18-15(17(11)5)10-13-8-6-7-9-14(13)16(18,3)4/h6-9,11-12H,10H2,1-5H3/q+1. The fraction of sp³-hybridized carbons (Fsp3) is 0.562. The van der Waals surface area contributed by atoms with Crippen molar-refractivity contribution in [1.82, 2.24) is 4.90 Å². The lowest BCUT2D eigenvalue weighted by Crippen LogP contribution is -2.52. The van der Waals surface area contributed by atoms with Gasteiger partial charge in [0.1, 0.15) is 17.6 Å². The van der Waals surface area contributed by atoms with E-state index in [1.54, 1.807) is 0 Å². The van der Waals surface area contributed by atoms with E-state index in [-0.39, 0.29) is 5.54 Å². The van der Waals surface area contributed by atoms with Gasteiger partial charge in [0.2, 0.25) is 0 Å². The van der Waals surface area contributed by atoms with Crippen LogP contribution >= 0.6 is 0 Å². The minimum Gasteiger partial charge on any atom is -0.261 e. The normalized spacial score (nSPS) is 29.3. The Kier molecular flexibility index (Phi) is 2.35.